The van der Waals surface area contributed by atoms with Crippen LogP contribution in [0.1, 0.15) is 36.1 Å². The molecule has 0 atom stereocenters. The van der Waals surface area contributed by atoms with Gasteiger partial charge in [-0.25, -0.2) is 0 Å². The monoisotopic (exact) mass is 594 g/mol. The molecule has 0 fully saturated rings. The number of benzene rings is 6. The molecule has 0 aliphatic carbocycles. The molecule has 0 aliphatic rings. The third kappa shape index (κ3) is 5.01. The fourth-order valence-corrected chi connectivity index (χ4v) is 7.23. The Morgan fingerprint density at radius 3 is 1.50 bits per heavy atom. The third-order valence-electron chi connectivity index (χ3n) is 9.64. The van der Waals surface area contributed by atoms with Gasteiger partial charge >= 0.3 is 0 Å². The molecule has 6 aromatic carbocycles. The number of hydrogen-bond acceptors (Lipinski definition) is 0. The maximum Gasteiger partial charge on any atom is 0.0497 e. The summed E-state index contributed by atoms with van der Waals surface area (Å²) >= 11 is 0. The highest BCUT2D eigenvalue weighted by Gasteiger charge is 2.11. The van der Waals surface area contributed by atoms with Crippen LogP contribution in [0.5, 0.6) is 0 Å². The second-order valence-corrected chi connectivity index (χ2v) is 12.3. The van der Waals surface area contributed by atoms with E-state index >= 15 is 0 Å². The standard InChI is InChI=1S/C44H38N2/c1-3-45-41-11-7-5-9-37(41)39-27-21-33(29-43(39)45)15-13-31-17-23-35(24-18-31)36-25-19-32(20-26-36)14-16-34-22-28-40-38-10-6-8-12-42(38)46(4-2)44(40)30-34/h5-13,15,17-30H,3-4,14,16H2,1-2H3/b15-13+. The summed E-state index contributed by atoms with van der Waals surface area (Å²) in [6.45, 7) is 6.40. The zero-order valence-electron chi connectivity index (χ0n) is 26.6. The summed E-state index contributed by atoms with van der Waals surface area (Å²) < 4.78 is 4.85. The van der Waals surface area contributed by atoms with Crippen molar-refractivity contribution in [2.24, 2.45) is 0 Å². The number of aryl methyl sites for hydroxylation is 4. The lowest BCUT2D eigenvalue weighted by Crippen LogP contribution is -1.95. The van der Waals surface area contributed by atoms with Crippen molar-refractivity contribution in [3.8, 4) is 11.1 Å². The Bertz CT molecular complexity index is 2360. The Balaban J connectivity index is 0.948. The van der Waals surface area contributed by atoms with Gasteiger partial charge in [0.1, 0.15) is 0 Å². The van der Waals surface area contributed by atoms with Crippen molar-refractivity contribution in [2.45, 2.75) is 39.8 Å². The van der Waals surface area contributed by atoms with Crippen LogP contribution in [-0.4, -0.2) is 9.13 Å². The van der Waals surface area contributed by atoms with E-state index in [0.717, 1.165) is 25.9 Å². The van der Waals surface area contributed by atoms with Crippen LogP contribution < -0.4 is 0 Å². The van der Waals surface area contributed by atoms with Gasteiger partial charge in [0.25, 0.3) is 0 Å². The molecular weight excluding hydrogens is 556 g/mol. The van der Waals surface area contributed by atoms with Crippen molar-refractivity contribution in [2.75, 3.05) is 0 Å². The summed E-state index contributed by atoms with van der Waals surface area (Å²) in [5.74, 6) is 0. The van der Waals surface area contributed by atoms with Crippen LogP contribution in [0.4, 0.5) is 0 Å². The Labute approximate surface area is 270 Å². The first-order chi connectivity index (χ1) is 22.7. The molecule has 0 saturated carbocycles. The molecule has 0 N–H and O–H groups in total. The Morgan fingerprint density at radius 2 is 0.870 bits per heavy atom. The summed E-state index contributed by atoms with van der Waals surface area (Å²) in [6.07, 6.45) is 6.51. The lowest BCUT2D eigenvalue weighted by molar-refractivity contribution is 0.826. The van der Waals surface area contributed by atoms with Crippen molar-refractivity contribution in [1.82, 2.24) is 9.13 Å². The third-order valence-corrected chi connectivity index (χ3v) is 9.64. The first kappa shape index (κ1) is 28.2. The molecule has 2 heteroatoms. The van der Waals surface area contributed by atoms with Gasteiger partial charge in [-0.2, -0.15) is 0 Å². The highest BCUT2D eigenvalue weighted by molar-refractivity contribution is 6.09. The average Bonchev–Trinajstić information content (AvgIpc) is 3.61. The molecule has 0 unspecified atom stereocenters. The van der Waals surface area contributed by atoms with E-state index in [-0.39, 0.29) is 0 Å². The normalized spacial score (nSPS) is 12.0. The second-order valence-electron chi connectivity index (χ2n) is 12.3. The molecule has 0 radical (unpaired) electrons. The number of aromatic nitrogens is 2. The van der Waals surface area contributed by atoms with Crippen molar-refractivity contribution < 1.29 is 0 Å². The molecule has 8 aromatic rings. The van der Waals surface area contributed by atoms with Gasteiger partial charge in [-0.1, -0.05) is 121 Å². The smallest absolute Gasteiger partial charge is 0.0497 e. The van der Waals surface area contributed by atoms with Crippen LogP contribution in [0, 0.1) is 0 Å². The molecule has 0 saturated heterocycles. The van der Waals surface area contributed by atoms with Gasteiger partial charge in [-0.15, -0.1) is 0 Å². The fourth-order valence-electron chi connectivity index (χ4n) is 7.23. The van der Waals surface area contributed by atoms with Crippen LogP contribution in [0.3, 0.4) is 0 Å². The number of rotatable bonds is 8. The molecule has 0 aliphatic heterocycles. The van der Waals surface area contributed by atoms with E-state index in [9.17, 15) is 0 Å². The van der Waals surface area contributed by atoms with Gasteiger partial charge in [0, 0.05) is 56.7 Å². The summed E-state index contributed by atoms with van der Waals surface area (Å²) in [7, 11) is 0. The summed E-state index contributed by atoms with van der Waals surface area (Å²) in [5, 5.41) is 5.35. The number of para-hydroxylation sites is 2. The maximum atomic E-state index is 2.44. The quantitative estimate of drug-likeness (QED) is 0.155. The SMILES string of the molecule is CCn1c2ccccc2c2ccc(/C=C/c3ccc(-c4ccc(CCc5ccc6c7ccccc7n(CC)c6c5)cc4)cc3)cc21. The first-order valence-corrected chi connectivity index (χ1v) is 16.6. The average molecular weight is 595 g/mol. The van der Waals surface area contributed by atoms with Crippen molar-refractivity contribution in [1.29, 1.82) is 0 Å². The van der Waals surface area contributed by atoms with Crippen LogP contribution >= 0.6 is 0 Å². The van der Waals surface area contributed by atoms with Gasteiger partial charge in [0.2, 0.25) is 0 Å². The van der Waals surface area contributed by atoms with Crippen molar-refractivity contribution in [3.63, 3.8) is 0 Å². The lowest BCUT2D eigenvalue weighted by Gasteiger charge is -2.07. The predicted octanol–water partition coefficient (Wildman–Crippen LogP) is 11.6. The molecule has 224 valence electrons. The van der Waals surface area contributed by atoms with Crippen LogP contribution in [-0.2, 0) is 25.9 Å². The van der Waals surface area contributed by atoms with Gasteiger partial charge in [-0.3, -0.25) is 0 Å². The predicted molar refractivity (Wildman–Crippen MR) is 198 cm³/mol. The van der Waals surface area contributed by atoms with E-state index in [4.69, 9.17) is 0 Å². The first-order valence-electron chi connectivity index (χ1n) is 16.6. The van der Waals surface area contributed by atoms with Gasteiger partial charge < -0.3 is 9.13 Å². The number of nitrogens with zero attached hydrogens (tertiary/aromatic N) is 2. The van der Waals surface area contributed by atoms with E-state index in [1.807, 2.05) is 0 Å². The topological polar surface area (TPSA) is 9.86 Å². The second kappa shape index (κ2) is 11.9. The Hall–Kier alpha value is -5.34. The Morgan fingerprint density at radius 1 is 0.413 bits per heavy atom. The minimum Gasteiger partial charge on any atom is -0.341 e. The summed E-state index contributed by atoms with van der Waals surface area (Å²) in [5.41, 5.74) is 13.0. The minimum absolute atomic E-state index is 0.960. The molecule has 0 amide bonds. The molecule has 0 bridgehead atoms. The van der Waals surface area contributed by atoms with Crippen molar-refractivity contribution >= 4 is 55.8 Å². The lowest BCUT2D eigenvalue weighted by atomic mass is 9.99. The zero-order chi connectivity index (χ0) is 31.0. The fraction of sp³-hybridized carbons (Fsp3) is 0.136. The van der Waals surface area contributed by atoms with E-state index in [0.29, 0.717) is 0 Å². The highest BCUT2D eigenvalue weighted by Crippen LogP contribution is 2.31. The molecule has 0 spiro atoms. The molecule has 8 rings (SSSR count). The molecule has 46 heavy (non-hydrogen) atoms. The highest BCUT2D eigenvalue weighted by atomic mass is 15.0. The zero-order valence-corrected chi connectivity index (χ0v) is 26.6. The minimum atomic E-state index is 0.960. The van der Waals surface area contributed by atoms with E-state index in [2.05, 4.69) is 169 Å². The number of hydrogen-bond donors (Lipinski definition) is 0. The number of fused-ring (bicyclic) bond motifs is 6. The van der Waals surface area contributed by atoms with Gasteiger partial charge in [-0.05, 0) is 84.3 Å². The van der Waals surface area contributed by atoms with Crippen LogP contribution in [0.25, 0.3) is 66.9 Å². The summed E-state index contributed by atoms with van der Waals surface area (Å²) in [6, 6.07) is 49.3. The largest absolute Gasteiger partial charge is 0.341 e. The molecular formula is C44H38N2. The molecule has 2 aromatic heterocycles. The Kier molecular flexibility index (Phi) is 7.27. The van der Waals surface area contributed by atoms with E-state index in [1.54, 1.807) is 0 Å². The van der Waals surface area contributed by atoms with Gasteiger partial charge in [0.05, 0.1) is 0 Å². The van der Waals surface area contributed by atoms with Crippen LogP contribution in [0.15, 0.2) is 133 Å². The van der Waals surface area contributed by atoms with E-state index in [1.165, 1.54) is 77.0 Å². The van der Waals surface area contributed by atoms with Gasteiger partial charge in [0.15, 0.2) is 0 Å². The maximum absolute atomic E-state index is 2.44. The molecule has 2 heterocycles. The molecule has 2 nitrogen and oxygen atoms in total. The summed E-state index contributed by atoms with van der Waals surface area (Å²) in [4.78, 5) is 0. The van der Waals surface area contributed by atoms with Crippen molar-refractivity contribution in [3.05, 3.63) is 156 Å². The van der Waals surface area contributed by atoms with Crippen LogP contribution in [0.2, 0.25) is 0 Å². The van der Waals surface area contributed by atoms with E-state index < -0.39 is 0 Å².